The van der Waals surface area contributed by atoms with Gasteiger partial charge in [0, 0.05) is 18.7 Å². The average Bonchev–Trinajstić information content (AvgIpc) is 3.27. The number of hydrogen-bond acceptors (Lipinski definition) is 4. The number of nitrogens with zero attached hydrogens (tertiary/aromatic N) is 1. The normalized spacial score (nSPS) is 30.5. The minimum atomic E-state index is -0.185. The molecule has 1 aliphatic carbocycles. The Kier molecular flexibility index (Phi) is 5.00. The SMILES string of the molecule is C[C@@H]1CC[C@@H]2C(=O)N(c3ccc(C(=O)NC[C@@H]4CCCO4)cc3)C(=O)[C@H]2C1. The maximum absolute atomic E-state index is 12.8. The van der Waals surface area contributed by atoms with Crippen LogP contribution in [-0.4, -0.2) is 37.0 Å². The van der Waals surface area contributed by atoms with Crippen molar-refractivity contribution in [2.24, 2.45) is 17.8 Å². The molecule has 27 heavy (non-hydrogen) atoms. The summed E-state index contributed by atoms with van der Waals surface area (Å²) in [4.78, 5) is 39.1. The van der Waals surface area contributed by atoms with Gasteiger partial charge in [0.05, 0.1) is 23.6 Å². The Morgan fingerprint density at radius 2 is 1.85 bits per heavy atom. The molecule has 2 heterocycles. The zero-order valence-corrected chi connectivity index (χ0v) is 15.6. The molecule has 1 N–H and O–H groups in total. The van der Waals surface area contributed by atoms with Crippen molar-refractivity contribution in [3.05, 3.63) is 29.8 Å². The summed E-state index contributed by atoms with van der Waals surface area (Å²) >= 11 is 0. The number of rotatable bonds is 4. The summed E-state index contributed by atoms with van der Waals surface area (Å²) in [7, 11) is 0. The lowest BCUT2D eigenvalue weighted by molar-refractivity contribution is -0.122. The van der Waals surface area contributed by atoms with Gasteiger partial charge in [0.25, 0.3) is 5.91 Å². The quantitative estimate of drug-likeness (QED) is 0.827. The number of nitrogens with one attached hydrogen (secondary N) is 1. The molecule has 0 radical (unpaired) electrons. The lowest BCUT2D eigenvalue weighted by Gasteiger charge is -2.25. The summed E-state index contributed by atoms with van der Waals surface area (Å²) in [5.41, 5.74) is 1.07. The highest BCUT2D eigenvalue weighted by molar-refractivity contribution is 6.22. The summed E-state index contributed by atoms with van der Waals surface area (Å²) in [5, 5.41) is 2.88. The fourth-order valence-electron chi connectivity index (χ4n) is 4.52. The van der Waals surface area contributed by atoms with Crippen LogP contribution in [0.1, 0.15) is 49.4 Å². The number of amides is 3. The molecular formula is C21H26N2O4. The molecule has 0 aromatic heterocycles. The number of anilines is 1. The van der Waals surface area contributed by atoms with Crippen LogP contribution < -0.4 is 10.2 Å². The van der Waals surface area contributed by atoms with Crippen LogP contribution in [0.5, 0.6) is 0 Å². The molecule has 1 aromatic carbocycles. The third kappa shape index (κ3) is 3.50. The van der Waals surface area contributed by atoms with Gasteiger partial charge < -0.3 is 10.1 Å². The van der Waals surface area contributed by atoms with Gasteiger partial charge >= 0.3 is 0 Å². The van der Waals surface area contributed by atoms with Gasteiger partial charge in [-0.25, -0.2) is 0 Å². The molecule has 0 unspecified atom stereocenters. The maximum Gasteiger partial charge on any atom is 0.251 e. The molecule has 144 valence electrons. The summed E-state index contributed by atoms with van der Waals surface area (Å²) < 4.78 is 5.51. The van der Waals surface area contributed by atoms with Gasteiger partial charge in [-0.1, -0.05) is 6.92 Å². The minimum Gasteiger partial charge on any atom is -0.376 e. The molecule has 4 atom stereocenters. The van der Waals surface area contributed by atoms with Crippen LogP contribution >= 0.6 is 0 Å². The number of carbonyl (C=O) groups is 3. The zero-order valence-electron chi connectivity index (χ0n) is 15.6. The van der Waals surface area contributed by atoms with Crippen molar-refractivity contribution >= 4 is 23.4 Å². The zero-order chi connectivity index (χ0) is 19.0. The highest BCUT2D eigenvalue weighted by Gasteiger charge is 2.49. The Morgan fingerprint density at radius 1 is 1.11 bits per heavy atom. The molecule has 6 nitrogen and oxygen atoms in total. The lowest BCUT2D eigenvalue weighted by atomic mass is 9.76. The lowest BCUT2D eigenvalue weighted by Crippen LogP contribution is -2.32. The van der Waals surface area contributed by atoms with Crippen molar-refractivity contribution < 1.29 is 19.1 Å². The second-order valence-electron chi connectivity index (χ2n) is 8.04. The summed E-state index contributed by atoms with van der Waals surface area (Å²) in [6.07, 6.45) is 4.68. The fourth-order valence-corrected chi connectivity index (χ4v) is 4.52. The van der Waals surface area contributed by atoms with Crippen LogP contribution in [0.2, 0.25) is 0 Å². The van der Waals surface area contributed by atoms with E-state index < -0.39 is 0 Å². The number of hydrogen-bond donors (Lipinski definition) is 1. The average molecular weight is 370 g/mol. The van der Waals surface area contributed by atoms with Crippen molar-refractivity contribution in [1.82, 2.24) is 5.32 Å². The van der Waals surface area contributed by atoms with Gasteiger partial charge in [0.2, 0.25) is 11.8 Å². The molecule has 0 spiro atoms. The molecule has 4 rings (SSSR count). The van der Waals surface area contributed by atoms with E-state index in [0.29, 0.717) is 23.7 Å². The smallest absolute Gasteiger partial charge is 0.251 e. The first-order chi connectivity index (χ1) is 13.0. The number of imide groups is 1. The fraction of sp³-hybridized carbons (Fsp3) is 0.571. The van der Waals surface area contributed by atoms with E-state index in [2.05, 4.69) is 12.2 Å². The van der Waals surface area contributed by atoms with E-state index in [-0.39, 0.29) is 35.7 Å². The molecule has 2 aliphatic heterocycles. The third-order valence-electron chi connectivity index (χ3n) is 6.09. The van der Waals surface area contributed by atoms with Crippen LogP contribution in [0, 0.1) is 17.8 Å². The monoisotopic (exact) mass is 370 g/mol. The molecule has 0 bridgehead atoms. The minimum absolute atomic E-state index is 0.0903. The first-order valence-electron chi connectivity index (χ1n) is 9.92. The highest BCUT2D eigenvalue weighted by atomic mass is 16.5. The summed E-state index contributed by atoms with van der Waals surface area (Å²) in [5.74, 6) is -0.227. The first-order valence-corrected chi connectivity index (χ1v) is 9.92. The molecule has 6 heteroatoms. The van der Waals surface area contributed by atoms with Gasteiger partial charge in [-0.3, -0.25) is 19.3 Å². The van der Waals surface area contributed by atoms with E-state index in [0.717, 1.165) is 38.7 Å². The maximum atomic E-state index is 12.8. The molecular weight excluding hydrogens is 344 g/mol. The van der Waals surface area contributed by atoms with Gasteiger partial charge in [-0.15, -0.1) is 0 Å². The highest BCUT2D eigenvalue weighted by Crippen LogP contribution is 2.42. The topological polar surface area (TPSA) is 75.7 Å². The largest absolute Gasteiger partial charge is 0.376 e. The Labute approximate surface area is 159 Å². The van der Waals surface area contributed by atoms with Crippen LogP contribution in [0.15, 0.2) is 24.3 Å². The first kappa shape index (κ1) is 18.2. The van der Waals surface area contributed by atoms with Crippen LogP contribution in [0.25, 0.3) is 0 Å². The number of carbonyl (C=O) groups excluding carboxylic acids is 3. The van der Waals surface area contributed by atoms with E-state index in [4.69, 9.17) is 4.74 Å². The van der Waals surface area contributed by atoms with Crippen molar-refractivity contribution in [3.8, 4) is 0 Å². The summed E-state index contributed by atoms with van der Waals surface area (Å²) in [6.45, 7) is 3.40. The predicted molar refractivity (Wildman–Crippen MR) is 100 cm³/mol. The molecule has 1 saturated carbocycles. The number of fused-ring (bicyclic) bond motifs is 1. The Bertz CT molecular complexity index is 739. The van der Waals surface area contributed by atoms with Gasteiger partial charge in [0.1, 0.15) is 0 Å². The van der Waals surface area contributed by atoms with E-state index in [1.165, 1.54) is 4.90 Å². The standard InChI is InChI=1S/C21H26N2O4/c1-13-4-9-17-18(11-13)21(26)23(20(17)25)15-7-5-14(6-8-15)19(24)22-12-16-3-2-10-27-16/h5-8,13,16-18H,2-4,9-12H2,1H3,(H,22,24)/t13-,16+,17+,18+/m1/s1. The molecule has 1 aromatic rings. The molecule has 3 amide bonds. The van der Waals surface area contributed by atoms with E-state index in [1.807, 2.05) is 0 Å². The van der Waals surface area contributed by atoms with Gasteiger partial charge in [-0.2, -0.15) is 0 Å². The van der Waals surface area contributed by atoms with Crippen molar-refractivity contribution in [2.45, 2.75) is 45.1 Å². The second-order valence-corrected chi connectivity index (χ2v) is 8.04. The predicted octanol–water partition coefficient (Wildman–Crippen LogP) is 2.52. The van der Waals surface area contributed by atoms with Crippen molar-refractivity contribution in [3.63, 3.8) is 0 Å². The summed E-state index contributed by atoms with van der Waals surface area (Å²) in [6, 6.07) is 6.73. The van der Waals surface area contributed by atoms with Crippen LogP contribution in [0.3, 0.4) is 0 Å². The Balaban J connectivity index is 1.43. The van der Waals surface area contributed by atoms with E-state index in [9.17, 15) is 14.4 Å². The third-order valence-corrected chi connectivity index (χ3v) is 6.09. The second kappa shape index (κ2) is 7.43. The number of ether oxygens (including phenoxy) is 1. The van der Waals surface area contributed by atoms with Gasteiger partial charge in [-0.05, 0) is 62.3 Å². The molecule has 3 aliphatic rings. The molecule has 2 saturated heterocycles. The van der Waals surface area contributed by atoms with Crippen molar-refractivity contribution in [1.29, 1.82) is 0 Å². The Morgan fingerprint density at radius 3 is 2.56 bits per heavy atom. The van der Waals surface area contributed by atoms with E-state index in [1.54, 1.807) is 24.3 Å². The number of benzene rings is 1. The molecule has 3 fully saturated rings. The van der Waals surface area contributed by atoms with Crippen LogP contribution in [-0.2, 0) is 14.3 Å². The van der Waals surface area contributed by atoms with Crippen LogP contribution in [0.4, 0.5) is 5.69 Å². The van der Waals surface area contributed by atoms with Gasteiger partial charge in [0.15, 0.2) is 0 Å². The van der Waals surface area contributed by atoms with E-state index >= 15 is 0 Å². The Hall–Kier alpha value is -2.21. The van der Waals surface area contributed by atoms with Crippen molar-refractivity contribution in [2.75, 3.05) is 18.1 Å².